The molecule has 8 heteroatoms. The van der Waals surface area contributed by atoms with Gasteiger partial charge in [-0.2, -0.15) is 0 Å². The Balaban J connectivity index is 1.57. The van der Waals surface area contributed by atoms with Crippen LogP contribution in [-0.2, 0) is 16.4 Å². The lowest BCUT2D eigenvalue weighted by molar-refractivity contribution is 0.415. The Hall–Kier alpha value is -2.58. The van der Waals surface area contributed by atoms with Gasteiger partial charge in [-0.15, -0.1) is 11.3 Å². The number of nitrogens with one attached hydrogen (secondary N) is 1. The molecule has 0 radical (unpaired) electrons. The molecular weight excluding hydrogens is 394 g/mol. The Morgan fingerprint density at radius 1 is 1.21 bits per heavy atom. The highest BCUT2D eigenvalue weighted by molar-refractivity contribution is 7.92. The highest BCUT2D eigenvalue weighted by atomic mass is 32.2. The van der Waals surface area contributed by atoms with E-state index in [0.29, 0.717) is 6.42 Å². The largest absolute Gasteiger partial charge is 0.497 e. The number of methoxy groups -OCH3 is 1. The molecule has 28 heavy (non-hydrogen) atoms. The average Bonchev–Trinajstić information content (AvgIpc) is 3.24. The summed E-state index contributed by atoms with van der Waals surface area (Å²) < 4.78 is 30.8. The molecule has 0 fully saturated rings. The van der Waals surface area contributed by atoms with Crippen molar-refractivity contribution < 1.29 is 13.2 Å². The molecule has 0 amide bonds. The van der Waals surface area contributed by atoms with Gasteiger partial charge in [-0.3, -0.25) is 4.31 Å². The quantitative estimate of drug-likeness (QED) is 0.674. The number of hydrogen-bond donors (Lipinski definition) is 1. The van der Waals surface area contributed by atoms with Crippen LogP contribution >= 0.6 is 11.3 Å². The first-order valence-electron chi connectivity index (χ1n) is 8.84. The van der Waals surface area contributed by atoms with Crippen LogP contribution in [0, 0.1) is 0 Å². The van der Waals surface area contributed by atoms with Gasteiger partial charge in [0.25, 0.3) is 0 Å². The van der Waals surface area contributed by atoms with Crippen molar-refractivity contribution in [3.63, 3.8) is 0 Å². The molecule has 1 atom stereocenters. The molecule has 6 nitrogen and oxygen atoms in total. The monoisotopic (exact) mass is 415 g/mol. The number of nitrogens with zero attached hydrogens (tertiary/aromatic N) is 2. The molecule has 0 saturated heterocycles. The maximum atomic E-state index is 12.1. The molecule has 1 aromatic heterocycles. The summed E-state index contributed by atoms with van der Waals surface area (Å²) in [7, 11) is -1.64. The van der Waals surface area contributed by atoms with Gasteiger partial charge in [-0.25, -0.2) is 13.4 Å². The van der Waals surface area contributed by atoms with E-state index >= 15 is 0 Å². The highest BCUT2D eigenvalue weighted by Gasteiger charge is 2.32. The number of ether oxygens (including phenoxy) is 1. The number of fused-ring (bicyclic) bond motifs is 1. The molecule has 3 aromatic rings. The number of rotatable bonds is 5. The number of hydrogen-bond acceptors (Lipinski definition) is 6. The van der Waals surface area contributed by atoms with Crippen molar-refractivity contribution in [3.05, 3.63) is 53.4 Å². The normalized spacial score (nSPS) is 16.1. The van der Waals surface area contributed by atoms with E-state index in [0.717, 1.165) is 39.1 Å². The molecule has 0 spiro atoms. The first kappa shape index (κ1) is 18.8. The number of anilines is 3. The van der Waals surface area contributed by atoms with Gasteiger partial charge in [0.1, 0.15) is 5.75 Å². The van der Waals surface area contributed by atoms with E-state index in [-0.39, 0.29) is 6.04 Å². The third-order valence-corrected chi connectivity index (χ3v) is 6.76. The summed E-state index contributed by atoms with van der Waals surface area (Å²) >= 11 is 1.53. The van der Waals surface area contributed by atoms with Crippen molar-refractivity contribution in [2.75, 3.05) is 23.0 Å². The van der Waals surface area contributed by atoms with E-state index in [1.807, 2.05) is 54.8 Å². The molecule has 146 valence electrons. The maximum absolute atomic E-state index is 12.1. The number of aromatic nitrogens is 1. The molecule has 0 unspecified atom stereocenters. The molecule has 1 aliphatic heterocycles. The second-order valence-corrected chi connectivity index (χ2v) is 9.56. The summed E-state index contributed by atoms with van der Waals surface area (Å²) in [6.45, 7) is 1.93. The lowest BCUT2D eigenvalue weighted by Gasteiger charge is -2.21. The summed E-state index contributed by atoms with van der Waals surface area (Å²) in [5, 5.41) is 6.09. The SMILES string of the molecule is COc1ccc(Nc2nc(-c3ccc4c(c3)C[C@@H](C)N4S(C)(=O)=O)cs2)cc1. The van der Waals surface area contributed by atoms with E-state index in [1.165, 1.54) is 21.9 Å². The molecule has 0 aliphatic carbocycles. The van der Waals surface area contributed by atoms with Crippen molar-refractivity contribution in [3.8, 4) is 17.0 Å². The lowest BCUT2D eigenvalue weighted by atomic mass is 10.1. The van der Waals surface area contributed by atoms with E-state index < -0.39 is 10.0 Å². The van der Waals surface area contributed by atoms with E-state index in [9.17, 15) is 8.42 Å². The van der Waals surface area contributed by atoms with Crippen molar-refractivity contribution in [2.45, 2.75) is 19.4 Å². The topological polar surface area (TPSA) is 71.5 Å². The zero-order valence-electron chi connectivity index (χ0n) is 15.8. The molecule has 2 heterocycles. The Morgan fingerprint density at radius 3 is 2.64 bits per heavy atom. The Bertz CT molecular complexity index is 1110. The second kappa shape index (κ2) is 7.10. The average molecular weight is 416 g/mol. The molecule has 1 aliphatic rings. The van der Waals surface area contributed by atoms with Gasteiger partial charge >= 0.3 is 0 Å². The maximum Gasteiger partial charge on any atom is 0.232 e. The fraction of sp³-hybridized carbons (Fsp3) is 0.250. The summed E-state index contributed by atoms with van der Waals surface area (Å²) in [4.78, 5) is 4.67. The third kappa shape index (κ3) is 3.57. The van der Waals surface area contributed by atoms with E-state index in [2.05, 4.69) is 10.3 Å². The fourth-order valence-corrected chi connectivity index (χ4v) is 5.53. The molecule has 0 saturated carbocycles. The first-order valence-corrected chi connectivity index (χ1v) is 11.6. The second-order valence-electron chi connectivity index (χ2n) is 6.85. The van der Waals surface area contributed by atoms with Crippen LogP contribution in [0.25, 0.3) is 11.3 Å². The Morgan fingerprint density at radius 2 is 1.96 bits per heavy atom. The van der Waals surface area contributed by atoms with Crippen molar-refractivity contribution >= 4 is 37.9 Å². The molecule has 0 bridgehead atoms. The standard InChI is InChI=1S/C20H21N3O3S2/c1-13-10-15-11-14(4-9-19(15)23(13)28(3,24)25)18-12-27-20(22-18)21-16-5-7-17(26-2)8-6-16/h4-9,11-13H,10H2,1-3H3,(H,21,22)/t13-/m1/s1. The first-order chi connectivity index (χ1) is 13.3. The molecular formula is C20H21N3O3S2. The minimum Gasteiger partial charge on any atom is -0.497 e. The van der Waals surface area contributed by atoms with Gasteiger partial charge in [-0.05, 0) is 55.3 Å². The van der Waals surface area contributed by atoms with Crippen LogP contribution in [0.1, 0.15) is 12.5 Å². The fourth-order valence-electron chi connectivity index (χ4n) is 3.53. The van der Waals surface area contributed by atoms with Gasteiger partial charge in [0, 0.05) is 22.7 Å². The summed E-state index contributed by atoms with van der Waals surface area (Å²) in [5.41, 5.74) is 4.60. The van der Waals surface area contributed by atoms with Crippen molar-refractivity contribution in [1.82, 2.24) is 4.98 Å². The van der Waals surface area contributed by atoms with Gasteiger partial charge in [0.15, 0.2) is 5.13 Å². The third-order valence-electron chi connectivity index (χ3n) is 4.73. The predicted octanol–water partition coefficient (Wildman–Crippen LogP) is 4.27. The van der Waals surface area contributed by atoms with Gasteiger partial charge in [0.2, 0.25) is 10.0 Å². The van der Waals surface area contributed by atoms with Crippen LogP contribution in [0.15, 0.2) is 47.8 Å². The van der Waals surface area contributed by atoms with Crippen molar-refractivity contribution in [1.29, 1.82) is 0 Å². The van der Waals surface area contributed by atoms with Crippen LogP contribution in [-0.4, -0.2) is 32.8 Å². The predicted molar refractivity (Wildman–Crippen MR) is 114 cm³/mol. The molecule has 4 rings (SSSR count). The summed E-state index contributed by atoms with van der Waals surface area (Å²) in [6, 6.07) is 13.5. The summed E-state index contributed by atoms with van der Waals surface area (Å²) in [6.07, 6.45) is 1.96. The van der Waals surface area contributed by atoms with Crippen LogP contribution in [0.3, 0.4) is 0 Å². The number of sulfonamides is 1. The summed E-state index contributed by atoms with van der Waals surface area (Å²) in [5.74, 6) is 0.806. The van der Waals surface area contributed by atoms with Crippen LogP contribution in [0.2, 0.25) is 0 Å². The van der Waals surface area contributed by atoms with Crippen LogP contribution in [0.5, 0.6) is 5.75 Å². The van der Waals surface area contributed by atoms with Gasteiger partial charge in [-0.1, -0.05) is 6.07 Å². The van der Waals surface area contributed by atoms with Crippen molar-refractivity contribution in [2.24, 2.45) is 0 Å². The Labute approximate surface area is 168 Å². The zero-order valence-corrected chi connectivity index (χ0v) is 17.5. The smallest absolute Gasteiger partial charge is 0.232 e. The highest BCUT2D eigenvalue weighted by Crippen LogP contribution is 2.37. The minimum absolute atomic E-state index is 0.0667. The number of thiazole rings is 1. The molecule has 2 aromatic carbocycles. The van der Waals surface area contributed by atoms with Gasteiger partial charge in [0.05, 0.1) is 24.7 Å². The Kier molecular flexibility index (Phi) is 4.76. The van der Waals surface area contributed by atoms with Gasteiger partial charge < -0.3 is 10.1 Å². The van der Waals surface area contributed by atoms with E-state index in [4.69, 9.17) is 4.74 Å². The zero-order chi connectivity index (χ0) is 19.9. The minimum atomic E-state index is -3.28. The van der Waals surface area contributed by atoms with E-state index in [1.54, 1.807) is 7.11 Å². The molecule has 1 N–H and O–H groups in total. The van der Waals surface area contributed by atoms with Crippen LogP contribution in [0.4, 0.5) is 16.5 Å². The lowest BCUT2D eigenvalue weighted by Crippen LogP contribution is -2.34. The van der Waals surface area contributed by atoms with Crippen LogP contribution < -0.4 is 14.4 Å². The number of benzene rings is 2.